The molecule has 0 amide bonds. The monoisotopic (exact) mass is 452 g/mol. The molecule has 0 atom stereocenters. The standard InChI is InChI=1S/C27H25FN6/c1-5-7-23(19-8-6-9-21(28)10-19)16(2)17(3)32-18(4)27-24-12-25(31-15-26(24)33-34-27)20-11-22(29)14-30-13-20/h5-15,32H,1,4,29H2,2-3H3,(H,33,34)/b17-16+,23-7+. The van der Waals surface area contributed by atoms with Crippen LogP contribution < -0.4 is 11.1 Å². The van der Waals surface area contributed by atoms with E-state index in [4.69, 9.17) is 5.73 Å². The van der Waals surface area contributed by atoms with Gasteiger partial charge in [0, 0.05) is 29.0 Å². The van der Waals surface area contributed by atoms with Crippen molar-refractivity contribution in [2.75, 3.05) is 5.73 Å². The maximum Gasteiger partial charge on any atom is 0.123 e. The summed E-state index contributed by atoms with van der Waals surface area (Å²) < 4.78 is 13.8. The number of rotatable bonds is 7. The number of hydrogen-bond acceptors (Lipinski definition) is 5. The van der Waals surface area contributed by atoms with Crippen molar-refractivity contribution in [1.29, 1.82) is 0 Å². The van der Waals surface area contributed by atoms with Gasteiger partial charge in [-0.25, -0.2) is 4.39 Å². The van der Waals surface area contributed by atoms with Gasteiger partial charge in [0.2, 0.25) is 0 Å². The van der Waals surface area contributed by atoms with Gasteiger partial charge in [-0.05, 0) is 54.8 Å². The van der Waals surface area contributed by atoms with Gasteiger partial charge >= 0.3 is 0 Å². The van der Waals surface area contributed by atoms with Crippen LogP contribution in [0.15, 0.2) is 91.6 Å². The Kier molecular flexibility index (Phi) is 6.36. The molecule has 4 rings (SSSR count). The van der Waals surface area contributed by atoms with Crippen LogP contribution >= 0.6 is 0 Å². The first kappa shape index (κ1) is 22.7. The molecule has 0 aliphatic rings. The Bertz CT molecular complexity index is 1460. The number of anilines is 1. The molecule has 3 heterocycles. The van der Waals surface area contributed by atoms with Crippen molar-refractivity contribution in [1.82, 2.24) is 25.5 Å². The summed E-state index contributed by atoms with van der Waals surface area (Å²) in [6.07, 6.45) is 8.58. The third kappa shape index (κ3) is 4.63. The molecule has 6 nitrogen and oxygen atoms in total. The first-order chi connectivity index (χ1) is 16.4. The minimum absolute atomic E-state index is 0.293. The van der Waals surface area contributed by atoms with Gasteiger partial charge in [0.05, 0.1) is 28.8 Å². The van der Waals surface area contributed by atoms with Crippen LogP contribution in [0.5, 0.6) is 0 Å². The minimum atomic E-state index is -0.293. The number of nitrogen functional groups attached to an aromatic ring is 1. The van der Waals surface area contributed by atoms with Crippen LogP contribution in [0.25, 0.3) is 33.4 Å². The van der Waals surface area contributed by atoms with Crippen LogP contribution in [0.2, 0.25) is 0 Å². The third-order valence-electron chi connectivity index (χ3n) is 5.51. The molecule has 34 heavy (non-hydrogen) atoms. The highest BCUT2D eigenvalue weighted by molar-refractivity contribution is 5.92. The average molecular weight is 453 g/mol. The number of aromatic amines is 1. The fraction of sp³-hybridized carbons (Fsp3) is 0.0741. The number of allylic oxidation sites excluding steroid dienone is 5. The molecular weight excluding hydrogens is 427 g/mol. The van der Waals surface area contributed by atoms with E-state index >= 15 is 0 Å². The Morgan fingerprint density at radius 1 is 1.15 bits per heavy atom. The van der Waals surface area contributed by atoms with E-state index < -0.39 is 0 Å². The second-order valence-corrected chi connectivity index (χ2v) is 7.87. The molecule has 0 fully saturated rings. The summed E-state index contributed by atoms with van der Waals surface area (Å²) in [6.45, 7) is 11.9. The number of halogens is 1. The minimum Gasteiger partial charge on any atom is -0.397 e. The molecule has 7 heteroatoms. The van der Waals surface area contributed by atoms with Crippen LogP contribution in [0.3, 0.4) is 0 Å². The third-order valence-corrected chi connectivity index (χ3v) is 5.51. The van der Waals surface area contributed by atoms with Crippen molar-refractivity contribution < 1.29 is 4.39 Å². The predicted molar refractivity (Wildman–Crippen MR) is 137 cm³/mol. The molecule has 0 unspecified atom stereocenters. The van der Waals surface area contributed by atoms with Crippen molar-refractivity contribution >= 4 is 27.9 Å². The maximum absolute atomic E-state index is 13.8. The largest absolute Gasteiger partial charge is 0.397 e. The molecule has 0 saturated carbocycles. The summed E-state index contributed by atoms with van der Waals surface area (Å²) in [4.78, 5) is 8.64. The number of H-pyrrole nitrogens is 1. The quantitative estimate of drug-likeness (QED) is 0.305. The van der Waals surface area contributed by atoms with E-state index in [9.17, 15) is 4.39 Å². The number of pyridine rings is 2. The van der Waals surface area contributed by atoms with Crippen LogP contribution in [-0.2, 0) is 0 Å². The Hall–Kier alpha value is -4.52. The number of nitrogens with one attached hydrogen (secondary N) is 2. The molecule has 0 aliphatic heterocycles. The normalized spacial score (nSPS) is 12.4. The number of benzene rings is 1. The van der Waals surface area contributed by atoms with Gasteiger partial charge in [-0.1, -0.05) is 37.4 Å². The first-order valence-corrected chi connectivity index (χ1v) is 10.6. The van der Waals surface area contributed by atoms with E-state index in [0.29, 0.717) is 17.1 Å². The predicted octanol–water partition coefficient (Wildman–Crippen LogP) is 5.87. The van der Waals surface area contributed by atoms with Gasteiger partial charge in [0.25, 0.3) is 0 Å². The van der Waals surface area contributed by atoms with E-state index in [1.54, 1.807) is 30.7 Å². The molecule has 0 saturated heterocycles. The fourth-order valence-electron chi connectivity index (χ4n) is 3.70. The topological polar surface area (TPSA) is 92.5 Å². The summed E-state index contributed by atoms with van der Waals surface area (Å²) in [5, 5.41) is 11.7. The van der Waals surface area contributed by atoms with Gasteiger partial charge in [-0.15, -0.1) is 0 Å². The molecule has 0 radical (unpaired) electrons. The van der Waals surface area contributed by atoms with Crippen molar-refractivity contribution in [3.63, 3.8) is 0 Å². The molecule has 4 aromatic rings. The summed E-state index contributed by atoms with van der Waals surface area (Å²) in [7, 11) is 0. The van der Waals surface area contributed by atoms with Crippen molar-refractivity contribution in [3.8, 4) is 11.3 Å². The smallest absolute Gasteiger partial charge is 0.123 e. The second kappa shape index (κ2) is 9.54. The molecule has 170 valence electrons. The zero-order chi connectivity index (χ0) is 24.2. The van der Waals surface area contributed by atoms with E-state index in [-0.39, 0.29) is 5.82 Å². The molecule has 1 aromatic carbocycles. The van der Waals surface area contributed by atoms with Gasteiger partial charge < -0.3 is 11.1 Å². The number of fused-ring (bicyclic) bond motifs is 1. The maximum atomic E-state index is 13.8. The van der Waals surface area contributed by atoms with Crippen molar-refractivity contribution in [2.24, 2.45) is 0 Å². The van der Waals surface area contributed by atoms with Gasteiger partial charge in [0.15, 0.2) is 0 Å². The highest BCUT2D eigenvalue weighted by Gasteiger charge is 2.14. The summed E-state index contributed by atoms with van der Waals surface area (Å²) in [5.41, 5.74) is 13.5. The number of hydrogen-bond donors (Lipinski definition) is 3. The Labute approximate surface area is 197 Å². The van der Waals surface area contributed by atoms with Gasteiger partial charge in [-0.2, -0.15) is 5.10 Å². The molecular formula is C27H25FN6. The van der Waals surface area contributed by atoms with E-state index in [0.717, 1.165) is 44.6 Å². The lowest BCUT2D eigenvalue weighted by molar-refractivity contribution is 0.627. The summed E-state index contributed by atoms with van der Waals surface area (Å²) >= 11 is 0. The molecule has 0 aliphatic carbocycles. The lowest BCUT2D eigenvalue weighted by Crippen LogP contribution is -2.11. The Morgan fingerprint density at radius 2 is 1.97 bits per heavy atom. The van der Waals surface area contributed by atoms with Gasteiger partial charge in [0.1, 0.15) is 11.5 Å². The van der Waals surface area contributed by atoms with Crippen LogP contribution in [0.1, 0.15) is 25.1 Å². The number of nitrogens with zero attached hydrogens (tertiary/aromatic N) is 3. The lowest BCUT2D eigenvalue weighted by atomic mass is 9.97. The van der Waals surface area contributed by atoms with Crippen molar-refractivity contribution in [3.05, 3.63) is 109 Å². The second-order valence-electron chi connectivity index (χ2n) is 7.87. The average Bonchev–Trinajstić information content (AvgIpc) is 3.25. The van der Waals surface area contributed by atoms with Crippen LogP contribution in [0, 0.1) is 5.82 Å². The van der Waals surface area contributed by atoms with E-state index in [2.05, 4.69) is 38.6 Å². The highest BCUT2D eigenvalue weighted by atomic mass is 19.1. The van der Waals surface area contributed by atoms with Gasteiger partial charge in [-0.3, -0.25) is 15.1 Å². The highest BCUT2D eigenvalue weighted by Crippen LogP contribution is 2.29. The van der Waals surface area contributed by atoms with E-state index in [1.165, 1.54) is 12.1 Å². The summed E-state index contributed by atoms with van der Waals surface area (Å²) in [5.74, 6) is -0.293. The number of nitrogens with two attached hydrogens (primary N) is 1. The Balaban J connectivity index is 1.67. The lowest BCUT2D eigenvalue weighted by Gasteiger charge is -2.15. The zero-order valence-electron chi connectivity index (χ0n) is 19.1. The SMILES string of the molecule is C=C/C=C(\C(C)=C(/C)NC(=C)c1n[nH]c2cnc(-c3cncc(N)c3)cc12)c1cccc(F)c1. The molecule has 3 aromatic heterocycles. The van der Waals surface area contributed by atoms with Crippen molar-refractivity contribution in [2.45, 2.75) is 13.8 Å². The Morgan fingerprint density at radius 3 is 2.71 bits per heavy atom. The molecule has 4 N–H and O–H groups in total. The molecule has 0 bridgehead atoms. The molecule has 0 spiro atoms. The van der Waals surface area contributed by atoms with Crippen LogP contribution in [-0.4, -0.2) is 20.2 Å². The van der Waals surface area contributed by atoms with E-state index in [1.807, 2.05) is 38.1 Å². The van der Waals surface area contributed by atoms with Crippen LogP contribution in [0.4, 0.5) is 10.1 Å². The summed E-state index contributed by atoms with van der Waals surface area (Å²) in [6, 6.07) is 10.2. The number of aromatic nitrogens is 4. The fourth-order valence-corrected chi connectivity index (χ4v) is 3.70. The first-order valence-electron chi connectivity index (χ1n) is 10.6. The zero-order valence-corrected chi connectivity index (χ0v) is 19.1.